The lowest BCUT2D eigenvalue weighted by Gasteiger charge is -2.38. The zero-order chi connectivity index (χ0) is 12.3. The molecular formula is C11H22N2O3S. The van der Waals surface area contributed by atoms with E-state index in [1.807, 2.05) is 0 Å². The second-order valence-corrected chi connectivity index (χ2v) is 6.57. The van der Waals surface area contributed by atoms with Crippen LogP contribution in [-0.2, 0) is 14.9 Å². The molecule has 1 atom stereocenters. The van der Waals surface area contributed by atoms with Gasteiger partial charge in [0.25, 0.3) is 10.2 Å². The van der Waals surface area contributed by atoms with Crippen molar-refractivity contribution in [3.05, 3.63) is 0 Å². The van der Waals surface area contributed by atoms with Gasteiger partial charge in [0.05, 0.1) is 13.2 Å². The van der Waals surface area contributed by atoms with Crippen LogP contribution in [0.5, 0.6) is 0 Å². The Morgan fingerprint density at radius 3 is 2.53 bits per heavy atom. The molecule has 17 heavy (non-hydrogen) atoms. The Labute approximate surface area is 104 Å². The van der Waals surface area contributed by atoms with Crippen molar-refractivity contribution in [3.63, 3.8) is 0 Å². The van der Waals surface area contributed by atoms with E-state index in [2.05, 4.69) is 6.92 Å². The van der Waals surface area contributed by atoms with Gasteiger partial charge in [0.2, 0.25) is 0 Å². The van der Waals surface area contributed by atoms with Crippen LogP contribution in [0.3, 0.4) is 0 Å². The van der Waals surface area contributed by atoms with E-state index in [-0.39, 0.29) is 6.04 Å². The highest BCUT2D eigenvalue weighted by atomic mass is 32.2. The second-order valence-electron chi connectivity index (χ2n) is 4.69. The van der Waals surface area contributed by atoms with Crippen LogP contribution >= 0.6 is 0 Å². The first-order valence-electron chi connectivity index (χ1n) is 6.51. The first kappa shape index (κ1) is 13.3. The molecule has 2 saturated heterocycles. The lowest BCUT2D eigenvalue weighted by molar-refractivity contribution is 0.0681. The molecule has 0 N–H and O–H groups in total. The number of ether oxygens (including phenoxy) is 1. The predicted octanol–water partition coefficient (Wildman–Crippen LogP) is 0.828. The van der Waals surface area contributed by atoms with Crippen molar-refractivity contribution in [2.75, 3.05) is 32.8 Å². The van der Waals surface area contributed by atoms with E-state index >= 15 is 0 Å². The second kappa shape index (κ2) is 5.65. The monoisotopic (exact) mass is 262 g/mol. The molecule has 0 amide bonds. The highest BCUT2D eigenvalue weighted by molar-refractivity contribution is 7.86. The third-order valence-electron chi connectivity index (χ3n) is 3.64. The minimum absolute atomic E-state index is 0.191. The lowest BCUT2D eigenvalue weighted by atomic mass is 10.0. The summed E-state index contributed by atoms with van der Waals surface area (Å²) < 4.78 is 33.5. The summed E-state index contributed by atoms with van der Waals surface area (Å²) in [7, 11) is -3.26. The molecule has 0 aromatic rings. The number of rotatable bonds is 3. The van der Waals surface area contributed by atoms with E-state index in [0.29, 0.717) is 32.8 Å². The van der Waals surface area contributed by atoms with Crippen molar-refractivity contribution in [1.82, 2.24) is 8.61 Å². The Morgan fingerprint density at radius 1 is 1.18 bits per heavy atom. The molecule has 0 unspecified atom stereocenters. The molecule has 0 aromatic heterocycles. The van der Waals surface area contributed by atoms with Crippen LogP contribution in [0.25, 0.3) is 0 Å². The van der Waals surface area contributed by atoms with Gasteiger partial charge in [-0.15, -0.1) is 0 Å². The molecule has 100 valence electrons. The molecule has 0 radical (unpaired) electrons. The Bertz CT molecular complexity index is 339. The van der Waals surface area contributed by atoms with Crippen molar-refractivity contribution in [2.24, 2.45) is 0 Å². The van der Waals surface area contributed by atoms with Crippen LogP contribution in [0, 0.1) is 0 Å². The van der Waals surface area contributed by atoms with Crippen molar-refractivity contribution >= 4 is 10.2 Å². The van der Waals surface area contributed by atoms with E-state index in [1.54, 1.807) is 8.61 Å². The maximum atomic E-state index is 12.5. The van der Waals surface area contributed by atoms with Crippen molar-refractivity contribution in [1.29, 1.82) is 0 Å². The van der Waals surface area contributed by atoms with Crippen LogP contribution in [0.4, 0.5) is 0 Å². The van der Waals surface area contributed by atoms with Gasteiger partial charge in [-0.2, -0.15) is 17.0 Å². The molecule has 2 rings (SSSR count). The number of piperidine rings is 1. The summed E-state index contributed by atoms with van der Waals surface area (Å²) >= 11 is 0. The van der Waals surface area contributed by atoms with Gasteiger partial charge in [-0.05, 0) is 19.3 Å². The summed E-state index contributed by atoms with van der Waals surface area (Å²) in [5.41, 5.74) is 0. The van der Waals surface area contributed by atoms with Crippen LogP contribution in [0.15, 0.2) is 0 Å². The van der Waals surface area contributed by atoms with E-state index < -0.39 is 10.2 Å². The summed E-state index contributed by atoms with van der Waals surface area (Å²) in [6, 6.07) is 0.191. The Hall–Kier alpha value is -0.170. The highest BCUT2D eigenvalue weighted by Gasteiger charge is 2.36. The summed E-state index contributed by atoms with van der Waals surface area (Å²) in [6.07, 6.45) is 4.04. The standard InChI is InChI=1S/C11H22N2O3S/c1-2-11-5-3-4-6-13(11)17(14,15)12-7-9-16-10-8-12/h11H,2-10H2,1H3/t11-/m1/s1. The largest absolute Gasteiger partial charge is 0.379 e. The molecule has 0 saturated carbocycles. The van der Waals surface area contributed by atoms with Crippen LogP contribution in [0.1, 0.15) is 32.6 Å². The quantitative estimate of drug-likeness (QED) is 0.757. The molecule has 0 spiro atoms. The number of nitrogens with zero attached hydrogens (tertiary/aromatic N) is 2. The van der Waals surface area contributed by atoms with Crippen molar-refractivity contribution in [3.8, 4) is 0 Å². The summed E-state index contributed by atoms with van der Waals surface area (Å²) in [4.78, 5) is 0. The third-order valence-corrected chi connectivity index (χ3v) is 5.73. The molecule has 2 aliphatic rings. The lowest BCUT2D eigenvalue weighted by Crippen LogP contribution is -2.53. The Morgan fingerprint density at radius 2 is 1.88 bits per heavy atom. The van der Waals surface area contributed by atoms with Crippen molar-refractivity contribution < 1.29 is 13.2 Å². The predicted molar refractivity (Wildman–Crippen MR) is 65.9 cm³/mol. The summed E-state index contributed by atoms with van der Waals surface area (Å²) in [5.74, 6) is 0. The first-order chi connectivity index (χ1) is 8.16. The van der Waals surface area contributed by atoms with E-state index in [0.717, 1.165) is 25.7 Å². The minimum atomic E-state index is -3.26. The minimum Gasteiger partial charge on any atom is -0.379 e. The van der Waals surface area contributed by atoms with E-state index in [4.69, 9.17) is 4.74 Å². The van der Waals surface area contributed by atoms with Gasteiger partial charge in [-0.3, -0.25) is 0 Å². The maximum Gasteiger partial charge on any atom is 0.282 e. The SMILES string of the molecule is CC[C@@H]1CCCCN1S(=O)(=O)N1CCOCC1. The smallest absolute Gasteiger partial charge is 0.282 e. The molecule has 2 fully saturated rings. The van der Waals surface area contributed by atoms with Crippen molar-refractivity contribution in [2.45, 2.75) is 38.6 Å². The number of hydrogen-bond acceptors (Lipinski definition) is 3. The van der Waals surface area contributed by atoms with Gasteiger partial charge in [0.15, 0.2) is 0 Å². The zero-order valence-electron chi connectivity index (χ0n) is 10.5. The zero-order valence-corrected chi connectivity index (χ0v) is 11.3. The third kappa shape index (κ3) is 2.81. The Balaban J connectivity index is 2.11. The van der Waals surface area contributed by atoms with Gasteiger partial charge in [0.1, 0.15) is 0 Å². The fourth-order valence-electron chi connectivity index (χ4n) is 2.61. The average Bonchev–Trinajstić information content (AvgIpc) is 2.39. The molecule has 2 heterocycles. The molecular weight excluding hydrogens is 240 g/mol. The fourth-order valence-corrected chi connectivity index (χ4v) is 4.51. The highest BCUT2D eigenvalue weighted by Crippen LogP contribution is 2.24. The molecule has 0 bridgehead atoms. The van der Waals surface area contributed by atoms with Crippen LogP contribution < -0.4 is 0 Å². The number of morpholine rings is 1. The molecule has 0 aromatic carbocycles. The number of hydrogen-bond donors (Lipinski definition) is 0. The molecule has 2 aliphatic heterocycles. The summed E-state index contributed by atoms with van der Waals surface area (Å²) in [6.45, 7) is 4.77. The normalized spacial score (nSPS) is 29.4. The van der Waals surface area contributed by atoms with Crippen LogP contribution in [-0.4, -0.2) is 55.9 Å². The molecule has 5 nitrogen and oxygen atoms in total. The van der Waals surface area contributed by atoms with Gasteiger partial charge in [-0.25, -0.2) is 0 Å². The maximum absolute atomic E-state index is 12.5. The van der Waals surface area contributed by atoms with Gasteiger partial charge in [-0.1, -0.05) is 13.3 Å². The fraction of sp³-hybridized carbons (Fsp3) is 1.00. The van der Waals surface area contributed by atoms with Gasteiger partial charge >= 0.3 is 0 Å². The van der Waals surface area contributed by atoms with Crippen LogP contribution in [0.2, 0.25) is 0 Å². The molecule has 0 aliphatic carbocycles. The average molecular weight is 262 g/mol. The topological polar surface area (TPSA) is 49.9 Å². The summed E-state index contributed by atoms with van der Waals surface area (Å²) in [5, 5.41) is 0. The van der Waals surface area contributed by atoms with Gasteiger partial charge < -0.3 is 4.74 Å². The Kier molecular flexibility index (Phi) is 4.41. The van der Waals surface area contributed by atoms with E-state index in [1.165, 1.54) is 0 Å². The molecule has 6 heteroatoms. The first-order valence-corrected chi connectivity index (χ1v) is 7.90. The van der Waals surface area contributed by atoms with Gasteiger partial charge in [0, 0.05) is 25.7 Å². The van der Waals surface area contributed by atoms with E-state index in [9.17, 15) is 8.42 Å².